The zero-order chi connectivity index (χ0) is 18.7. The van der Waals surface area contributed by atoms with Crippen LogP contribution in [0.5, 0.6) is 0 Å². The molecule has 0 aliphatic carbocycles. The largest absolute Gasteiger partial charge is 0.366 e. The first-order valence-electron chi connectivity index (χ1n) is 8.15. The van der Waals surface area contributed by atoms with E-state index in [4.69, 9.17) is 5.73 Å². The maximum atomic E-state index is 12.4. The molecule has 26 heavy (non-hydrogen) atoms. The molecule has 0 aliphatic heterocycles. The number of hydrogen-bond acceptors (Lipinski definition) is 4. The first kappa shape index (κ1) is 17.8. The van der Waals surface area contributed by atoms with Gasteiger partial charge in [-0.15, -0.1) is 11.3 Å². The Morgan fingerprint density at radius 2 is 1.85 bits per heavy atom. The zero-order valence-electron chi connectivity index (χ0n) is 14.6. The first-order valence-corrected chi connectivity index (χ1v) is 9.02. The van der Waals surface area contributed by atoms with Crippen LogP contribution in [0.3, 0.4) is 0 Å². The van der Waals surface area contributed by atoms with Crippen molar-refractivity contribution in [3.63, 3.8) is 0 Å². The van der Waals surface area contributed by atoms with Crippen LogP contribution in [0.1, 0.15) is 27.2 Å². The van der Waals surface area contributed by atoms with Crippen molar-refractivity contribution in [2.24, 2.45) is 5.73 Å². The standard InChI is InChI=1S/C20H19N3O2S/c1-12-6-8-14(9-7-12)20-22-15(11-26-20)10-17(24)23-16-5-3-4-13(2)18(16)19(21)25/h3-9,11H,10H2,1-2H3,(H2,21,25)(H,23,24). The summed E-state index contributed by atoms with van der Waals surface area (Å²) in [4.78, 5) is 28.5. The van der Waals surface area contributed by atoms with Crippen LogP contribution in [0, 0.1) is 13.8 Å². The smallest absolute Gasteiger partial charge is 0.251 e. The van der Waals surface area contributed by atoms with Crippen LogP contribution in [0.25, 0.3) is 10.6 Å². The highest BCUT2D eigenvalue weighted by Crippen LogP contribution is 2.25. The second-order valence-electron chi connectivity index (χ2n) is 6.10. The van der Waals surface area contributed by atoms with Crippen molar-refractivity contribution in [1.29, 1.82) is 0 Å². The third-order valence-corrected chi connectivity index (χ3v) is 4.93. The minimum absolute atomic E-state index is 0.133. The molecule has 6 heteroatoms. The fourth-order valence-corrected chi connectivity index (χ4v) is 3.50. The van der Waals surface area contributed by atoms with Gasteiger partial charge in [0.25, 0.3) is 5.91 Å². The zero-order valence-corrected chi connectivity index (χ0v) is 15.4. The van der Waals surface area contributed by atoms with Crippen molar-refractivity contribution >= 4 is 28.8 Å². The SMILES string of the molecule is Cc1ccc(-c2nc(CC(=O)Nc3cccc(C)c3C(N)=O)cs2)cc1. The molecule has 0 radical (unpaired) electrons. The topological polar surface area (TPSA) is 85.1 Å². The predicted molar refractivity (Wildman–Crippen MR) is 104 cm³/mol. The fourth-order valence-electron chi connectivity index (χ4n) is 2.67. The molecular formula is C20H19N3O2S. The van der Waals surface area contributed by atoms with Gasteiger partial charge in [-0.1, -0.05) is 42.0 Å². The number of amides is 2. The molecular weight excluding hydrogens is 346 g/mol. The van der Waals surface area contributed by atoms with Gasteiger partial charge >= 0.3 is 0 Å². The Hall–Kier alpha value is -2.99. The minimum Gasteiger partial charge on any atom is -0.366 e. The number of anilines is 1. The number of carbonyl (C=O) groups excluding carboxylic acids is 2. The lowest BCUT2D eigenvalue weighted by Crippen LogP contribution is -2.20. The highest BCUT2D eigenvalue weighted by atomic mass is 32.1. The number of nitrogens with two attached hydrogens (primary N) is 1. The summed E-state index contributed by atoms with van der Waals surface area (Å²) in [5, 5.41) is 5.51. The average Bonchev–Trinajstić information content (AvgIpc) is 3.03. The molecule has 5 nitrogen and oxygen atoms in total. The number of aryl methyl sites for hydroxylation is 2. The Kier molecular flexibility index (Phi) is 5.14. The van der Waals surface area contributed by atoms with Gasteiger partial charge in [0.2, 0.25) is 5.91 Å². The molecule has 3 rings (SSSR count). The molecule has 0 saturated heterocycles. The van der Waals surface area contributed by atoms with Crippen LogP contribution in [-0.2, 0) is 11.2 Å². The van der Waals surface area contributed by atoms with Crippen LogP contribution >= 0.6 is 11.3 Å². The highest BCUT2D eigenvalue weighted by Gasteiger charge is 2.15. The van der Waals surface area contributed by atoms with E-state index < -0.39 is 5.91 Å². The molecule has 0 atom stereocenters. The lowest BCUT2D eigenvalue weighted by atomic mass is 10.1. The van der Waals surface area contributed by atoms with E-state index >= 15 is 0 Å². The van der Waals surface area contributed by atoms with E-state index in [0.29, 0.717) is 16.9 Å². The van der Waals surface area contributed by atoms with Crippen molar-refractivity contribution in [2.45, 2.75) is 20.3 Å². The number of thiazole rings is 1. The number of hydrogen-bond donors (Lipinski definition) is 2. The number of rotatable bonds is 5. The van der Waals surface area contributed by atoms with E-state index in [1.165, 1.54) is 16.9 Å². The summed E-state index contributed by atoms with van der Waals surface area (Å²) in [6, 6.07) is 13.3. The second-order valence-corrected chi connectivity index (χ2v) is 6.95. The van der Waals surface area contributed by atoms with Gasteiger partial charge in [-0.2, -0.15) is 0 Å². The van der Waals surface area contributed by atoms with E-state index in [2.05, 4.69) is 10.3 Å². The number of nitrogens with one attached hydrogen (secondary N) is 1. The van der Waals surface area contributed by atoms with Crippen molar-refractivity contribution in [3.05, 3.63) is 70.2 Å². The van der Waals surface area contributed by atoms with E-state index in [1.54, 1.807) is 25.1 Å². The Labute approximate surface area is 155 Å². The van der Waals surface area contributed by atoms with E-state index in [1.807, 2.05) is 36.6 Å². The van der Waals surface area contributed by atoms with Crippen LogP contribution in [-0.4, -0.2) is 16.8 Å². The van der Waals surface area contributed by atoms with Crippen molar-refractivity contribution in [3.8, 4) is 10.6 Å². The van der Waals surface area contributed by atoms with E-state index in [0.717, 1.165) is 16.1 Å². The Morgan fingerprint density at radius 1 is 1.12 bits per heavy atom. The van der Waals surface area contributed by atoms with Gasteiger partial charge in [-0.05, 0) is 25.5 Å². The number of carbonyl (C=O) groups is 2. The van der Waals surface area contributed by atoms with E-state index in [-0.39, 0.29) is 12.3 Å². The number of benzene rings is 2. The lowest BCUT2D eigenvalue weighted by molar-refractivity contribution is -0.115. The molecule has 3 aromatic rings. The Morgan fingerprint density at radius 3 is 2.54 bits per heavy atom. The average molecular weight is 365 g/mol. The first-order chi connectivity index (χ1) is 12.4. The number of aromatic nitrogens is 1. The van der Waals surface area contributed by atoms with Crippen LogP contribution in [0.15, 0.2) is 47.8 Å². The fraction of sp³-hybridized carbons (Fsp3) is 0.150. The molecule has 2 aromatic carbocycles. The maximum Gasteiger partial charge on any atom is 0.251 e. The lowest BCUT2D eigenvalue weighted by Gasteiger charge is -2.10. The summed E-state index contributed by atoms with van der Waals surface area (Å²) in [6.07, 6.45) is 0.133. The molecule has 132 valence electrons. The van der Waals surface area contributed by atoms with E-state index in [9.17, 15) is 9.59 Å². The summed E-state index contributed by atoms with van der Waals surface area (Å²) in [6.45, 7) is 3.82. The third kappa shape index (κ3) is 3.97. The molecule has 0 spiro atoms. The van der Waals surface area contributed by atoms with Crippen molar-refractivity contribution in [1.82, 2.24) is 4.98 Å². The molecule has 0 fully saturated rings. The summed E-state index contributed by atoms with van der Waals surface area (Å²) >= 11 is 1.50. The summed E-state index contributed by atoms with van der Waals surface area (Å²) < 4.78 is 0. The second kappa shape index (κ2) is 7.49. The molecule has 1 aromatic heterocycles. The van der Waals surface area contributed by atoms with Crippen LogP contribution in [0.4, 0.5) is 5.69 Å². The summed E-state index contributed by atoms with van der Waals surface area (Å²) in [5.74, 6) is -0.799. The van der Waals surface area contributed by atoms with Gasteiger partial charge < -0.3 is 11.1 Å². The van der Waals surface area contributed by atoms with Crippen molar-refractivity contribution in [2.75, 3.05) is 5.32 Å². The molecule has 3 N–H and O–H groups in total. The third-order valence-electron chi connectivity index (χ3n) is 3.99. The van der Waals surface area contributed by atoms with Gasteiger partial charge in [-0.3, -0.25) is 9.59 Å². The molecule has 2 amide bonds. The Bertz CT molecular complexity index is 961. The summed E-state index contributed by atoms with van der Waals surface area (Å²) in [7, 11) is 0. The Balaban J connectivity index is 1.73. The highest BCUT2D eigenvalue weighted by molar-refractivity contribution is 7.13. The number of primary amides is 1. The predicted octanol–water partition coefficient (Wildman–Crippen LogP) is 3.71. The quantitative estimate of drug-likeness (QED) is 0.723. The van der Waals surface area contributed by atoms with Gasteiger partial charge in [0.1, 0.15) is 5.01 Å². The normalized spacial score (nSPS) is 10.5. The van der Waals surface area contributed by atoms with Gasteiger partial charge in [-0.25, -0.2) is 4.98 Å². The molecule has 0 unspecified atom stereocenters. The van der Waals surface area contributed by atoms with Crippen molar-refractivity contribution < 1.29 is 9.59 Å². The molecule has 0 aliphatic rings. The van der Waals surface area contributed by atoms with Gasteiger partial charge in [0.05, 0.1) is 23.4 Å². The summed E-state index contributed by atoms with van der Waals surface area (Å²) in [5.41, 5.74) is 9.82. The molecule has 0 bridgehead atoms. The van der Waals surface area contributed by atoms with Gasteiger partial charge in [0, 0.05) is 10.9 Å². The molecule has 0 saturated carbocycles. The minimum atomic E-state index is -0.561. The monoisotopic (exact) mass is 365 g/mol. The van der Waals surface area contributed by atoms with Crippen LogP contribution in [0.2, 0.25) is 0 Å². The maximum absolute atomic E-state index is 12.4. The van der Waals surface area contributed by atoms with Crippen LogP contribution < -0.4 is 11.1 Å². The van der Waals surface area contributed by atoms with Gasteiger partial charge in [0.15, 0.2) is 0 Å². The number of nitrogens with zero attached hydrogens (tertiary/aromatic N) is 1. The molecule has 1 heterocycles.